The van der Waals surface area contributed by atoms with Crippen molar-refractivity contribution in [2.24, 2.45) is 0 Å². The van der Waals surface area contributed by atoms with Gasteiger partial charge in [-0.2, -0.15) is 0 Å². The van der Waals surface area contributed by atoms with Gasteiger partial charge in [-0.05, 0) is 23.1 Å². The molecule has 0 spiro atoms. The van der Waals surface area contributed by atoms with Crippen LogP contribution >= 0.6 is 0 Å². The summed E-state index contributed by atoms with van der Waals surface area (Å²) in [6.45, 7) is 6.16. The Balaban J connectivity index is 3.28. The summed E-state index contributed by atoms with van der Waals surface area (Å²) in [7, 11) is 1.49. The molecule has 4 heteroatoms. The van der Waals surface area contributed by atoms with Crippen LogP contribution in [0.25, 0.3) is 0 Å². The van der Waals surface area contributed by atoms with Gasteiger partial charge in [-0.25, -0.2) is 4.21 Å². The average molecular weight is 228 g/mol. The van der Waals surface area contributed by atoms with Crippen LogP contribution in [-0.4, -0.2) is 15.9 Å². The van der Waals surface area contributed by atoms with Gasteiger partial charge in [0.25, 0.3) is 0 Å². The van der Waals surface area contributed by atoms with Gasteiger partial charge < -0.3 is 9.29 Å². The van der Waals surface area contributed by atoms with E-state index in [-0.39, 0.29) is 5.41 Å². The first-order valence-electron chi connectivity index (χ1n) is 4.65. The van der Waals surface area contributed by atoms with Crippen molar-refractivity contribution in [1.82, 2.24) is 0 Å². The maximum atomic E-state index is 11.1. The Bertz CT molecular complexity index is 380. The molecule has 0 bridgehead atoms. The second-order valence-corrected chi connectivity index (χ2v) is 5.30. The molecule has 0 aliphatic heterocycles. The van der Waals surface area contributed by atoms with Gasteiger partial charge in [0.05, 0.1) is 7.11 Å². The molecule has 15 heavy (non-hydrogen) atoms. The van der Waals surface area contributed by atoms with Gasteiger partial charge in [0.15, 0.2) is 11.1 Å². The maximum Gasteiger partial charge on any atom is 0.190 e. The van der Waals surface area contributed by atoms with Gasteiger partial charge in [0, 0.05) is 0 Å². The van der Waals surface area contributed by atoms with Crippen LogP contribution in [0.1, 0.15) is 26.3 Å². The fraction of sp³-hybridized carbons (Fsp3) is 0.455. The lowest BCUT2D eigenvalue weighted by molar-refractivity contribution is 0.401. The molecule has 3 nitrogen and oxygen atoms in total. The van der Waals surface area contributed by atoms with E-state index in [1.54, 1.807) is 12.1 Å². The Labute approximate surface area is 92.7 Å². The number of benzene rings is 1. The fourth-order valence-corrected chi connectivity index (χ4v) is 1.83. The Kier molecular flexibility index (Phi) is 3.52. The van der Waals surface area contributed by atoms with E-state index in [1.807, 2.05) is 6.07 Å². The van der Waals surface area contributed by atoms with Crippen LogP contribution in [0.5, 0.6) is 5.75 Å². The molecule has 0 radical (unpaired) electrons. The highest BCUT2D eigenvalue weighted by Crippen LogP contribution is 2.29. The van der Waals surface area contributed by atoms with Gasteiger partial charge >= 0.3 is 0 Å². The molecule has 1 atom stereocenters. The molecule has 84 valence electrons. The SMILES string of the molecule is COc1ccc(C(C)(C)C)cc1S(=O)O. The van der Waals surface area contributed by atoms with Crippen molar-refractivity contribution in [3.05, 3.63) is 23.8 Å². The zero-order chi connectivity index (χ0) is 11.6. The predicted octanol–water partition coefficient (Wildman–Crippen LogP) is 2.57. The van der Waals surface area contributed by atoms with Crippen molar-refractivity contribution in [2.75, 3.05) is 7.11 Å². The minimum Gasteiger partial charge on any atom is -0.495 e. The first-order chi connectivity index (χ1) is 6.86. The second-order valence-electron chi connectivity index (χ2n) is 4.36. The Morgan fingerprint density at radius 1 is 1.33 bits per heavy atom. The van der Waals surface area contributed by atoms with Gasteiger partial charge in [-0.15, -0.1) is 0 Å². The standard InChI is InChI=1S/C11H16O3S/c1-11(2,3)8-5-6-9(14-4)10(7-8)15(12)13/h5-7H,1-4H3,(H,12,13). The summed E-state index contributed by atoms with van der Waals surface area (Å²) in [4.78, 5) is 0.324. The lowest BCUT2D eigenvalue weighted by Gasteiger charge is -2.20. The van der Waals surface area contributed by atoms with Crippen LogP contribution in [0.15, 0.2) is 23.1 Å². The third-order valence-electron chi connectivity index (χ3n) is 2.22. The minimum absolute atomic E-state index is 0.0413. The molecular weight excluding hydrogens is 212 g/mol. The molecule has 0 aliphatic carbocycles. The molecule has 1 rings (SSSR count). The molecule has 0 saturated carbocycles. The highest BCUT2D eigenvalue weighted by molar-refractivity contribution is 7.79. The van der Waals surface area contributed by atoms with Gasteiger partial charge in [-0.3, -0.25) is 0 Å². The van der Waals surface area contributed by atoms with Crippen molar-refractivity contribution in [2.45, 2.75) is 31.1 Å². The monoisotopic (exact) mass is 228 g/mol. The quantitative estimate of drug-likeness (QED) is 0.791. The Morgan fingerprint density at radius 3 is 2.33 bits per heavy atom. The number of methoxy groups -OCH3 is 1. The molecule has 0 aliphatic rings. The molecule has 1 N–H and O–H groups in total. The summed E-state index contributed by atoms with van der Waals surface area (Å²) in [6, 6.07) is 5.36. The Hall–Kier alpha value is -0.870. The smallest absolute Gasteiger partial charge is 0.190 e. The van der Waals surface area contributed by atoms with Gasteiger partial charge in [0.2, 0.25) is 0 Å². The molecular formula is C11H16O3S. The summed E-state index contributed by atoms with van der Waals surface area (Å²) in [5.74, 6) is 0.448. The lowest BCUT2D eigenvalue weighted by Crippen LogP contribution is -2.11. The fourth-order valence-electron chi connectivity index (χ4n) is 1.28. The second kappa shape index (κ2) is 4.33. The van der Waals surface area contributed by atoms with E-state index in [4.69, 9.17) is 9.29 Å². The molecule has 1 aromatic rings. The predicted molar refractivity (Wildman–Crippen MR) is 60.7 cm³/mol. The van der Waals surface area contributed by atoms with E-state index in [1.165, 1.54) is 7.11 Å². The van der Waals surface area contributed by atoms with Crippen LogP contribution < -0.4 is 4.74 Å². The van der Waals surface area contributed by atoms with Crippen molar-refractivity contribution in [3.8, 4) is 5.75 Å². The molecule has 1 unspecified atom stereocenters. The lowest BCUT2D eigenvalue weighted by atomic mass is 9.87. The summed E-state index contributed by atoms with van der Waals surface area (Å²) in [6.07, 6.45) is 0. The largest absolute Gasteiger partial charge is 0.495 e. The molecule has 0 amide bonds. The molecule has 0 heterocycles. The molecule has 1 aromatic carbocycles. The topological polar surface area (TPSA) is 46.5 Å². The highest BCUT2D eigenvalue weighted by atomic mass is 32.2. The van der Waals surface area contributed by atoms with E-state index in [2.05, 4.69) is 20.8 Å². The van der Waals surface area contributed by atoms with Crippen molar-refractivity contribution >= 4 is 11.1 Å². The Morgan fingerprint density at radius 2 is 1.93 bits per heavy atom. The van der Waals surface area contributed by atoms with Crippen molar-refractivity contribution in [3.63, 3.8) is 0 Å². The first-order valence-corrected chi connectivity index (χ1v) is 5.76. The summed E-state index contributed by atoms with van der Waals surface area (Å²) in [5, 5.41) is 0. The number of rotatable bonds is 2. The summed E-state index contributed by atoms with van der Waals surface area (Å²) in [5.41, 5.74) is 0.973. The van der Waals surface area contributed by atoms with Gasteiger partial charge in [-0.1, -0.05) is 26.8 Å². The summed E-state index contributed by atoms with van der Waals surface area (Å²) >= 11 is -2.01. The van der Waals surface area contributed by atoms with Crippen LogP contribution in [-0.2, 0) is 16.5 Å². The number of ether oxygens (including phenoxy) is 1. The summed E-state index contributed by atoms with van der Waals surface area (Å²) < 4.78 is 25.2. The zero-order valence-corrected chi connectivity index (χ0v) is 10.2. The maximum absolute atomic E-state index is 11.1. The van der Waals surface area contributed by atoms with E-state index in [0.717, 1.165) is 5.56 Å². The third-order valence-corrected chi connectivity index (χ3v) is 2.91. The number of hydrogen-bond donors (Lipinski definition) is 1. The zero-order valence-electron chi connectivity index (χ0n) is 9.40. The molecule has 0 saturated heterocycles. The molecule has 0 aromatic heterocycles. The van der Waals surface area contributed by atoms with Crippen molar-refractivity contribution < 1.29 is 13.5 Å². The van der Waals surface area contributed by atoms with E-state index in [9.17, 15) is 4.21 Å². The van der Waals surface area contributed by atoms with E-state index < -0.39 is 11.1 Å². The third kappa shape index (κ3) is 2.79. The first kappa shape index (κ1) is 12.2. The van der Waals surface area contributed by atoms with E-state index >= 15 is 0 Å². The normalized spacial score (nSPS) is 13.7. The van der Waals surface area contributed by atoms with Crippen LogP contribution in [0, 0.1) is 0 Å². The van der Waals surface area contributed by atoms with Crippen LogP contribution in [0.4, 0.5) is 0 Å². The van der Waals surface area contributed by atoms with E-state index in [0.29, 0.717) is 10.6 Å². The highest BCUT2D eigenvalue weighted by Gasteiger charge is 2.17. The molecule has 0 fully saturated rings. The van der Waals surface area contributed by atoms with Crippen molar-refractivity contribution in [1.29, 1.82) is 0 Å². The van der Waals surface area contributed by atoms with Crippen LogP contribution in [0.2, 0.25) is 0 Å². The number of hydrogen-bond acceptors (Lipinski definition) is 2. The average Bonchev–Trinajstić information content (AvgIpc) is 2.15. The van der Waals surface area contributed by atoms with Crippen LogP contribution in [0.3, 0.4) is 0 Å². The minimum atomic E-state index is -2.01. The van der Waals surface area contributed by atoms with Gasteiger partial charge in [0.1, 0.15) is 10.6 Å².